The van der Waals surface area contributed by atoms with E-state index in [2.05, 4.69) is 25.2 Å². The number of pyridine rings is 1. The molecule has 0 bridgehead atoms. The van der Waals surface area contributed by atoms with Crippen molar-refractivity contribution in [3.63, 3.8) is 0 Å². The number of carbonyl (C=O) groups excluding carboxylic acids is 1. The number of nitrogen functional groups attached to an aromatic ring is 1. The molecular weight excluding hydrogens is 308 g/mol. The molecule has 0 radical (unpaired) electrons. The third kappa shape index (κ3) is 3.37. The lowest BCUT2D eigenvalue weighted by Crippen LogP contribution is -2.37. The predicted molar refractivity (Wildman–Crippen MR) is 90.9 cm³/mol. The second-order valence-electron chi connectivity index (χ2n) is 5.61. The number of methoxy groups -OCH3 is 1. The molecule has 0 aliphatic carbocycles. The van der Waals surface area contributed by atoms with Crippen molar-refractivity contribution in [3.8, 4) is 0 Å². The zero-order chi connectivity index (χ0) is 16.9. The van der Waals surface area contributed by atoms with Gasteiger partial charge in [0.2, 0.25) is 0 Å². The number of anilines is 4. The van der Waals surface area contributed by atoms with Gasteiger partial charge in [-0.05, 0) is 25.0 Å². The van der Waals surface area contributed by atoms with Gasteiger partial charge in [0.05, 0.1) is 24.9 Å². The molecule has 8 nitrogen and oxygen atoms in total. The first-order valence-corrected chi connectivity index (χ1v) is 7.79. The Labute approximate surface area is 140 Å². The van der Waals surface area contributed by atoms with Crippen LogP contribution in [0.4, 0.5) is 23.0 Å². The molecule has 1 aliphatic rings. The molecule has 0 amide bonds. The van der Waals surface area contributed by atoms with Crippen LogP contribution in [0.25, 0.3) is 0 Å². The van der Waals surface area contributed by atoms with Gasteiger partial charge in [0, 0.05) is 19.3 Å². The van der Waals surface area contributed by atoms with Gasteiger partial charge in [0.25, 0.3) is 0 Å². The second-order valence-corrected chi connectivity index (χ2v) is 5.61. The molecule has 2 aromatic heterocycles. The van der Waals surface area contributed by atoms with Crippen molar-refractivity contribution in [2.24, 2.45) is 5.92 Å². The number of nitrogens with one attached hydrogen (secondary N) is 1. The number of nitrogens with two attached hydrogens (primary N) is 1. The summed E-state index contributed by atoms with van der Waals surface area (Å²) >= 11 is 0. The maximum absolute atomic E-state index is 11.6. The molecule has 0 aromatic carbocycles. The molecular formula is C16H20N6O2. The first-order valence-electron chi connectivity index (χ1n) is 7.79. The fourth-order valence-electron chi connectivity index (χ4n) is 2.80. The standard InChI is InChI=1S/C16H20N6O2/c1-24-16(23)11-4-7-22(8-5-11)15-13(17)14(19-10-20-15)21-12-3-2-6-18-9-12/h2-3,6,9-11H,4-5,7-8,17H2,1H3,(H,19,20,21). The molecule has 3 heterocycles. The molecule has 0 spiro atoms. The van der Waals surface area contributed by atoms with Gasteiger partial charge in [0.15, 0.2) is 11.6 Å². The number of hydrogen-bond donors (Lipinski definition) is 2. The zero-order valence-corrected chi connectivity index (χ0v) is 13.5. The lowest BCUT2D eigenvalue weighted by molar-refractivity contribution is -0.146. The molecule has 0 saturated carbocycles. The molecule has 0 atom stereocenters. The van der Waals surface area contributed by atoms with Crippen molar-refractivity contribution in [2.75, 3.05) is 36.1 Å². The first-order chi connectivity index (χ1) is 11.7. The van der Waals surface area contributed by atoms with Crippen LogP contribution in [0.2, 0.25) is 0 Å². The van der Waals surface area contributed by atoms with E-state index in [-0.39, 0.29) is 11.9 Å². The largest absolute Gasteiger partial charge is 0.469 e. The van der Waals surface area contributed by atoms with E-state index < -0.39 is 0 Å². The number of ether oxygens (including phenoxy) is 1. The van der Waals surface area contributed by atoms with Crippen molar-refractivity contribution in [1.29, 1.82) is 0 Å². The molecule has 0 unspecified atom stereocenters. The Morgan fingerprint density at radius 1 is 1.38 bits per heavy atom. The average molecular weight is 328 g/mol. The summed E-state index contributed by atoms with van der Waals surface area (Å²) < 4.78 is 4.82. The third-order valence-electron chi connectivity index (χ3n) is 4.12. The van der Waals surface area contributed by atoms with Crippen molar-refractivity contribution in [2.45, 2.75) is 12.8 Å². The molecule has 8 heteroatoms. The highest BCUT2D eigenvalue weighted by Crippen LogP contribution is 2.31. The van der Waals surface area contributed by atoms with Crippen LogP contribution in [0.1, 0.15) is 12.8 Å². The van der Waals surface area contributed by atoms with E-state index in [0.29, 0.717) is 30.4 Å². The SMILES string of the molecule is COC(=O)C1CCN(c2ncnc(Nc3cccnc3)c2N)CC1. The number of rotatable bonds is 4. The number of esters is 1. The Balaban J connectivity index is 1.73. The predicted octanol–water partition coefficient (Wildman–Crippen LogP) is 1.59. The third-order valence-corrected chi connectivity index (χ3v) is 4.12. The quantitative estimate of drug-likeness (QED) is 0.815. The second kappa shape index (κ2) is 7.12. The minimum absolute atomic E-state index is 0.0534. The van der Waals surface area contributed by atoms with Crippen molar-refractivity contribution in [3.05, 3.63) is 30.9 Å². The van der Waals surface area contributed by atoms with E-state index in [1.54, 1.807) is 12.4 Å². The van der Waals surface area contributed by atoms with Gasteiger partial charge in [-0.3, -0.25) is 9.78 Å². The van der Waals surface area contributed by atoms with Crippen molar-refractivity contribution in [1.82, 2.24) is 15.0 Å². The topological polar surface area (TPSA) is 106 Å². The molecule has 126 valence electrons. The Hall–Kier alpha value is -2.90. The van der Waals surface area contributed by atoms with Gasteiger partial charge >= 0.3 is 5.97 Å². The molecule has 1 saturated heterocycles. The summed E-state index contributed by atoms with van der Waals surface area (Å²) in [6.45, 7) is 1.40. The van der Waals surface area contributed by atoms with Crippen LogP contribution in [0.5, 0.6) is 0 Å². The lowest BCUT2D eigenvalue weighted by atomic mass is 9.97. The van der Waals surface area contributed by atoms with E-state index >= 15 is 0 Å². The smallest absolute Gasteiger partial charge is 0.308 e. The Morgan fingerprint density at radius 3 is 2.83 bits per heavy atom. The highest BCUT2D eigenvalue weighted by atomic mass is 16.5. The van der Waals surface area contributed by atoms with Crippen LogP contribution >= 0.6 is 0 Å². The van der Waals surface area contributed by atoms with E-state index in [4.69, 9.17) is 10.5 Å². The molecule has 1 aliphatic heterocycles. The van der Waals surface area contributed by atoms with E-state index in [1.165, 1.54) is 13.4 Å². The van der Waals surface area contributed by atoms with E-state index in [1.807, 2.05) is 12.1 Å². The minimum atomic E-state index is -0.149. The number of hydrogen-bond acceptors (Lipinski definition) is 8. The average Bonchev–Trinajstić information content (AvgIpc) is 2.64. The van der Waals surface area contributed by atoms with E-state index in [9.17, 15) is 4.79 Å². The van der Waals surface area contributed by atoms with Gasteiger partial charge in [-0.2, -0.15) is 0 Å². The normalized spacial score (nSPS) is 15.1. The maximum Gasteiger partial charge on any atom is 0.308 e. The van der Waals surface area contributed by atoms with Gasteiger partial charge < -0.3 is 20.7 Å². The summed E-state index contributed by atoms with van der Waals surface area (Å²) in [5, 5.41) is 3.15. The Kier molecular flexibility index (Phi) is 4.74. The van der Waals surface area contributed by atoms with Crippen LogP contribution in [0.15, 0.2) is 30.9 Å². The highest BCUT2D eigenvalue weighted by Gasteiger charge is 2.27. The molecule has 3 N–H and O–H groups in total. The molecule has 3 rings (SSSR count). The van der Waals surface area contributed by atoms with Crippen molar-refractivity contribution < 1.29 is 9.53 Å². The Bertz CT molecular complexity index is 701. The summed E-state index contributed by atoms with van der Waals surface area (Å²) in [5.74, 6) is 1.02. The fourth-order valence-corrected chi connectivity index (χ4v) is 2.80. The molecule has 24 heavy (non-hydrogen) atoms. The fraction of sp³-hybridized carbons (Fsp3) is 0.375. The highest BCUT2D eigenvalue weighted by molar-refractivity contribution is 5.78. The zero-order valence-electron chi connectivity index (χ0n) is 13.5. The van der Waals surface area contributed by atoms with Crippen molar-refractivity contribution >= 4 is 29.0 Å². The van der Waals surface area contributed by atoms with E-state index in [0.717, 1.165) is 18.5 Å². The van der Waals surface area contributed by atoms with Gasteiger partial charge in [-0.25, -0.2) is 9.97 Å². The maximum atomic E-state index is 11.6. The van der Waals surface area contributed by atoms with Crippen LogP contribution < -0.4 is 16.0 Å². The minimum Gasteiger partial charge on any atom is -0.469 e. The van der Waals surface area contributed by atoms with Crippen LogP contribution in [-0.4, -0.2) is 41.1 Å². The molecule has 1 fully saturated rings. The Morgan fingerprint density at radius 2 is 2.17 bits per heavy atom. The van der Waals surface area contributed by atoms with Crippen LogP contribution in [0, 0.1) is 5.92 Å². The summed E-state index contributed by atoms with van der Waals surface area (Å²) in [6.07, 6.45) is 6.33. The summed E-state index contributed by atoms with van der Waals surface area (Å²) in [4.78, 5) is 26.3. The summed E-state index contributed by atoms with van der Waals surface area (Å²) in [6, 6.07) is 3.72. The summed E-state index contributed by atoms with van der Waals surface area (Å²) in [7, 11) is 1.42. The number of piperidine rings is 1. The first kappa shape index (κ1) is 16.0. The lowest BCUT2D eigenvalue weighted by Gasteiger charge is -2.32. The van der Waals surface area contributed by atoms with Crippen LogP contribution in [-0.2, 0) is 9.53 Å². The number of nitrogens with zero attached hydrogens (tertiary/aromatic N) is 4. The van der Waals surface area contributed by atoms with Gasteiger partial charge in [0.1, 0.15) is 12.0 Å². The summed E-state index contributed by atoms with van der Waals surface area (Å²) in [5.41, 5.74) is 7.53. The van der Waals surface area contributed by atoms with Crippen LogP contribution in [0.3, 0.4) is 0 Å². The monoisotopic (exact) mass is 328 g/mol. The van der Waals surface area contributed by atoms with Gasteiger partial charge in [-0.1, -0.05) is 0 Å². The van der Waals surface area contributed by atoms with Gasteiger partial charge in [-0.15, -0.1) is 0 Å². The number of carbonyl (C=O) groups is 1. The molecule has 2 aromatic rings. The number of aromatic nitrogens is 3.